The monoisotopic (exact) mass is 627 g/mol. The van der Waals surface area contributed by atoms with Gasteiger partial charge in [-0.05, 0) is 74.0 Å². The van der Waals surface area contributed by atoms with E-state index in [9.17, 15) is 4.79 Å². The minimum atomic E-state index is -2.70. The van der Waals surface area contributed by atoms with Crippen LogP contribution >= 0.6 is 11.3 Å². The van der Waals surface area contributed by atoms with E-state index in [-0.39, 0.29) is 17.1 Å². The number of nitrogens with zero attached hydrogens (tertiary/aromatic N) is 2. The molecule has 8 heteroatoms. The standard InChI is InChI=1S/C36H45N3O3SSi/c1-34(2,3)41-32(40)36(26-27-14-13-19-31(38-27)39-33-37-24-25-43-33)22-20-28(21-23-36)42-44(35(4,5)6,29-15-9-7-10-16-29)30-17-11-8-12-18-30/h7-19,24-25,28H,20-23,26H2,1-6H3,(H,37,38,39). The van der Waals surface area contributed by atoms with Crippen LogP contribution < -0.4 is 15.7 Å². The van der Waals surface area contributed by atoms with Crippen LogP contribution in [-0.2, 0) is 20.4 Å². The number of thiazole rings is 1. The maximum atomic E-state index is 14.0. The molecule has 1 N–H and O–H groups in total. The smallest absolute Gasteiger partial charge is 0.312 e. The van der Waals surface area contributed by atoms with Crippen molar-refractivity contribution in [1.82, 2.24) is 9.97 Å². The minimum Gasteiger partial charge on any atom is -0.460 e. The maximum Gasteiger partial charge on any atom is 0.312 e. The van der Waals surface area contributed by atoms with Crippen LogP contribution in [0.3, 0.4) is 0 Å². The van der Waals surface area contributed by atoms with Gasteiger partial charge in [-0.3, -0.25) is 4.79 Å². The lowest BCUT2D eigenvalue weighted by molar-refractivity contribution is -0.171. The Balaban J connectivity index is 1.43. The van der Waals surface area contributed by atoms with Crippen LogP contribution in [0.1, 0.15) is 72.9 Å². The molecule has 5 rings (SSSR count). The van der Waals surface area contributed by atoms with Crippen LogP contribution in [0.4, 0.5) is 10.9 Å². The Morgan fingerprint density at radius 1 is 0.909 bits per heavy atom. The number of aromatic nitrogens is 2. The van der Waals surface area contributed by atoms with Gasteiger partial charge in [-0.25, -0.2) is 9.97 Å². The van der Waals surface area contributed by atoms with E-state index in [0.29, 0.717) is 19.3 Å². The molecule has 1 saturated carbocycles. The summed E-state index contributed by atoms with van der Waals surface area (Å²) in [7, 11) is -2.70. The summed E-state index contributed by atoms with van der Waals surface area (Å²) in [5.41, 5.74) is -0.386. The zero-order valence-corrected chi connectivity index (χ0v) is 28.6. The summed E-state index contributed by atoms with van der Waals surface area (Å²) in [6, 6.07) is 27.5. The molecule has 0 atom stereocenters. The molecule has 232 valence electrons. The Kier molecular flexibility index (Phi) is 9.44. The third-order valence-electron chi connectivity index (χ3n) is 8.48. The van der Waals surface area contributed by atoms with Crippen molar-refractivity contribution in [1.29, 1.82) is 0 Å². The number of rotatable bonds is 9. The number of carbonyl (C=O) groups excluding carboxylic acids is 1. The Hall–Kier alpha value is -3.33. The van der Waals surface area contributed by atoms with Gasteiger partial charge in [0.1, 0.15) is 11.4 Å². The second-order valence-corrected chi connectivity index (χ2v) is 19.1. The van der Waals surface area contributed by atoms with Crippen molar-refractivity contribution < 1.29 is 14.0 Å². The van der Waals surface area contributed by atoms with Crippen LogP contribution in [-0.4, -0.2) is 36.0 Å². The number of anilines is 2. The van der Waals surface area contributed by atoms with Crippen molar-refractivity contribution in [3.63, 3.8) is 0 Å². The number of nitrogens with one attached hydrogen (secondary N) is 1. The molecule has 0 bridgehead atoms. The fourth-order valence-corrected chi connectivity index (χ4v) is 11.7. The normalized spacial score (nSPS) is 19.4. The predicted molar refractivity (Wildman–Crippen MR) is 183 cm³/mol. The van der Waals surface area contributed by atoms with Crippen molar-refractivity contribution in [3.05, 3.63) is 96.1 Å². The van der Waals surface area contributed by atoms with Crippen molar-refractivity contribution in [2.45, 2.75) is 90.4 Å². The molecule has 0 spiro atoms. The summed E-state index contributed by atoms with van der Waals surface area (Å²) >= 11 is 1.53. The Morgan fingerprint density at radius 2 is 1.52 bits per heavy atom. The van der Waals surface area contributed by atoms with Gasteiger partial charge in [0.2, 0.25) is 0 Å². The SMILES string of the molecule is CC(C)(C)OC(=O)C1(Cc2cccc(Nc3nccs3)n2)CCC(O[Si](c2ccccc2)(c2ccccc2)C(C)(C)C)CC1. The van der Waals surface area contributed by atoms with Gasteiger partial charge in [-0.15, -0.1) is 11.3 Å². The van der Waals surface area contributed by atoms with Gasteiger partial charge in [-0.1, -0.05) is 87.5 Å². The molecule has 1 aliphatic rings. The first-order valence-corrected chi connectivity index (χ1v) is 18.3. The van der Waals surface area contributed by atoms with Gasteiger partial charge in [0, 0.05) is 29.8 Å². The summed E-state index contributed by atoms with van der Waals surface area (Å²) in [5, 5.41) is 8.44. The summed E-state index contributed by atoms with van der Waals surface area (Å²) < 4.78 is 13.5. The van der Waals surface area contributed by atoms with Gasteiger partial charge in [0.25, 0.3) is 8.32 Å². The molecule has 6 nitrogen and oxygen atoms in total. The lowest BCUT2D eigenvalue weighted by Gasteiger charge is -2.47. The molecular formula is C36H45N3O3SSi. The molecule has 0 amide bonds. The summed E-state index contributed by atoms with van der Waals surface area (Å²) in [6.45, 7) is 12.7. The highest BCUT2D eigenvalue weighted by molar-refractivity contribution is 7.13. The van der Waals surface area contributed by atoms with Crippen molar-refractivity contribution >= 4 is 46.9 Å². The van der Waals surface area contributed by atoms with Crippen LogP contribution in [0.2, 0.25) is 5.04 Å². The van der Waals surface area contributed by atoms with E-state index in [1.165, 1.54) is 21.7 Å². The highest BCUT2D eigenvalue weighted by Gasteiger charge is 2.53. The third-order valence-corrected chi connectivity index (χ3v) is 14.3. The highest BCUT2D eigenvalue weighted by atomic mass is 32.1. The average molecular weight is 628 g/mol. The number of carbonyl (C=O) groups is 1. The number of pyridine rings is 1. The van der Waals surface area contributed by atoms with E-state index in [1.807, 2.05) is 44.4 Å². The van der Waals surface area contributed by atoms with E-state index in [1.54, 1.807) is 6.20 Å². The maximum absolute atomic E-state index is 14.0. The molecule has 0 unspecified atom stereocenters. The van der Waals surface area contributed by atoms with E-state index in [2.05, 4.69) is 91.7 Å². The molecule has 44 heavy (non-hydrogen) atoms. The van der Waals surface area contributed by atoms with Gasteiger partial charge in [0.05, 0.1) is 5.41 Å². The molecule has 0 saturated heterocycles. The lowest BCUT2D eigenvalue weighted by atomic mass is 9.70. The topological polar surface area (TPSA) is 73.3 Å². The second kappa shape index (κ2) is 13.0. The molecule has 2 aromatic heterocycles. The Bertz CT molecular complexity index is 1470. The molecule has 4 aromatic rings. The zero-order valence-electron chi connectivity index (χ0n) is 26.8. The molecule has 0 radical (unpaired) electrons. The lowest BCUT2D eigenvalue weighted by Crippen LogP contribution is -2.68. The number of hydrogen-bond donors (Lipinski definition) is 1. The van der Waals surface area contributed by atoms with Crippen LogP contribution in [0.5, 0.6) is 0 Å². The van der Waals surface area contributed by atoms with E-state index in [4.69, 9.17) is 14.1 Å². The largest absolute Gasteiger partial charge is 0.460 e. The molecule has 1 aliphatic carbocycles. The van der Waals surface area contributed by atoms with Crippen LogP contribution in [0.15, 0.2) is 90.4 Å². The van der Waals surface area contributed by atoms with Gasteiger partial charge in [-0.2, -0.15) is 0 Å². The minimum absolute atomic E-state index is 0.0303. The second-order valence-electron chi connectivity index (χ2n) is 13.9. The number of ether oxygens (including phenoxy) is 1. The fourth-order valence-electron chi connectivity index (χ4n) is 6.43. The highest BCUT2D eigenvalue weighted by Crippen LogP contribution is 2.45. The number of benzene rings is 2. The summed E-state index contributed by atoms with van der Waals surface area (Å²) in [4.78, 5) is 23.2. The van der Waals surface area contributed by atoms with Crippen molar-refractivity contribution in [3.8, 4) is 0 Å². The van der Waals surface area contributed by atoms with Crippen LogP contribution in [0, 0.1) is 5.41 Å². The Morgan fingerprint density at radius 3 is 2.05 bits per heavy atom. The van der Waals surface area contributed by atoms with E-state index >= 15 is 0 Å². The summed E-state index contributed by atoms with van der Waals surface area (Å²) in [5.74, 6) is 0.578. The number of hydrogen-bond acceptors (Lipinski definition) is 7. The van der Waals surface area contributed by atoms with Gasteiger partial charge >= 0.3 is 5.97 Å². The van der Waals surface area contributed by atoms with Crippen molar-refractivity contribution in [2.24, 2.45) is 5.41 Å². The molecular weight excluding hydrogens is 583 g/mol. The molecule has 2 aromatic carbocycles. The fraction of sp³-hybridized carbons (Fsp3) is 0.417. The first kappa shape index (κ1) is 32.1. The number of esters is 1. The summed E-state index contributed by atoms with van der Waals surface area (Å²) in [6.07, 6.45) is 5.22. The van der Waals surface area contributed by atoms with Gasteiger partial charge < -0.3 is 14.5 Å². The predicted octanol–water partition coefficient (Wildman–Crippen LogP) is 7.67. The first-order chi connectivity index (χ1) is 20.9. The third kappa shape index (κ3) is 7.14. The van der Waals surface area contributed by atoms with Crippen molar-refractivity contribution in [2.75, 3.05) is 5.32 Å². The molecule has 1 fully saturated rings. The average Bonchev–Trinajstić information content (AvgIpc) is 3.49. The van der Waals surface area contributed by atoms with Crippen LogP contribution in [0.25, 0.3) is 0 Å². The van der Waals surface area contributed by atoms with E-state index in [0.717, 1.165) is 29.5 Å². The molecule has 2 heterocycles. The molecule has 0 aliphatic heterocycles. The quantitative estimate of drug-likeness (QED) is 0.152. The zero-order chi connectivity index (χ0) is 31.4. The Labute approximate surface area is 267 Å². The first-order valence-electron chi connectivity index (χ1n) is 15.6. The van der Waals surface area contributed by atoms with Gasteiger partial charge in [0.15, 0.2) is 5.13 Å². The van der Waals surface area contributed by atoms with E-state index < -0.39 is 19.3 Å².